The summed E-state index contributed by atoms with van der Waals surface area (Å²) in [5, 5.41) is 3.16. The molecular weight excluding hydrogens is 312 g/mol. The average molecular weight is 337 g/mol. The number of ether oxygens (including phenoxy) is 1. The molecule has 0 saturated carbocycles. The lowest BCUT2D eigenvalue weighted by molar-refractivity contribution is -0.909. The minimum absolute atomic E-state index is 0.00206. The van der Waals surface area contributed by atoms with Gasteiger partial charge in [0.2, 0.25) is 5.91 Å². The van der Waals surface area contributed by atoms with Gasteiger partial charge >= 0.3 is 0 Å². The average Bonchev–Trinajstić information content (AvgIpc) is 2.68. The summed E-state index contributed by atoms with van der Waals surface area (Å²) < 4.78 is 5.44. The van der Waals surface area contributed by atoms with Gasteiger partial charge in [-0.1, -0.05) is 60.7 Å². The van der Waals surface area contributed by atoms with E-state index < -0.39 is 0 Å². The Hall–Kier alpha value is -2.43. The standard InChI is InChI=1S/C21H24N2O2/c24-21(12-11-18-7-3-1-4-8-18)22-20(19-9-5-2-6-10-19)17-23-13-15-25-16-14-23/h1-12,20H,13-17H2,(H,22,24)/p+1/b12-11+/t20-/m0/s1. The molecule has 1 fully saturated rings. The zero-order valence-corrected chi connectivity index (χ0v) is 14.4. The Morgan fingerprint density at radius 1 is 1.04 bits per heavy atom. The Kier molecular flexibility index (Phi) is 6.37. The van der Waals surface area contributed by atoms with Crippen molar-refractivity contribution < 1.29 is 14.4 Å². The minimum Gasteiger partial charge on any atom is -0.370 e. The van der Waals surface area contributed by atoms with Crippen LogP contribution in [-0.4, -0.2) is 38.8 Å². The highest BCUT2D eigenvalue weighted by atomic mass is 16.5. The third-order valence-corrected chi connectivity index (χ3v) is 4.44. The number of carbonyl (C=O) groups excluding carboxylic acids is 1. The summed E-state index contributed by atoms with van der Waals surface area (Å²) in [5.41, 5.74) is 2.16. The summed E-state index contributed by atoms with van der Waals surface area (Å²) in [6, 6.07) is 20.0. The van der Waals surface area contributed by atoms with Gasteiger partial charge < -0.3 is 15.0 Å². The molecule has 1 aliphatic heterocycles. The Labute approximate surface area is 149 Å². The number of amides is 1. The van der Waals surface area contributed by atoms with E-state index >= 15 is 0 Å². The second-order valence-corrected chi connectivity index (χ2v) is 6.28. The van der Waals surface area contributed by atoms with Crippen LogP contribution in [-0.2, 0) is 9.53 Å². The van der Waals surface area contributed by atoms with E-state index in [0.717, 1.165) is 44.0 Å². The predicted molar refractivity (Wildman–Crippen MR) is 99.2 cm³/mol. The van der Waals surface area contributed by atoms with E-state index in [-0.39, 0.29) is 11.9 Å². The van der Waals surface area contributed by atoms with Crippen LogP contribution in [0.15, 0.2) is 66.7 Å². The lowest BCUT2D eigenvalue weighted by Crippen LogP contribution is -3.14. The summed E-state index contributed by atoms with van der Waals surface area (Å²) in [6.07, 6.45) is 3.46. The van der Waals surface area contributed by atoms with Crippen LogP contribution in [0.5, 0.6) is 0 Å². The summed E-state index contributed by atoms with van der Waals surface area (Å²) in [6.45, 7) is 4.42. The van der Waals surface area contributed by atoms with Crippen LogP contribution in [0.2, 0.25) is 0 Å². The highest BCUT2D eigenvalue weighted by Crippen LogP contribution is 2.11. The number of hydrogen-bond donors (Lipinski definition) is 2. The maximum atomic E-state index is 12.4. The van der Waals surface area contributed by atoms with E-state index in [1.54, 1.807) is 6.08 Å². The van der Waals surface area contributed by atoms with Crippen molar-refractivity contribution in [1.82, 2.24) is 5.32 Å². The summed E-state index contributed by atoms with van der Waals surface area (Å²) in [4.78, 5) is 13.9. The molecule has 2 aromatic rings. The quantitative estimate of drug-likeness (QED) is 0.784. The monoisotopic (exact) mass is 337 g/mol. The number of benzene rings is 2. The van der Waals surface area contributed by atoms with Gasteiger partial charge in [0.1, 0.15) is 25.7 Å². The van der Waals surface area contributed by atoms with E-state index in [9.17, 15) is 4.79 Å². The third kappa shape index (κ3) is 5.55. The summed E-state index contributed by atoms with van der Waals surface area (Å²) >= 11 is 0. The first kappa shape index (κ1) is 17.4. The molecule has 4 nitrogen and oxygen atoms in total. The first-order chi connectivity index (χ1) is 12.3. The highest BCUT2D eigenvalue weighted by molar-refractivity contribution is 5.92. The van der Waals surface area contributed by atoms with Crippen molar-refractivity contribution in [3.8, 4) is 0 Å². The van der Waals surface area contributed by atoms with Crippen LogP contribution in [0.25, 0.3) is 6.08 Å². The molecule has 0 radical (unpaired) electrons. The molecule has 1 atom stereocenters. The normalized spacial score (nSPS) is 16.6. The first-order valence-corrected chi connectivity index (χ1v) is 8.81. The Morgan fingerprint density at radius 3 is 2.36 bits per heavy atom. The van der Waals surface area contributed by atoms with Crippen molar-refractivity contribution in [2.24, 2.45) is 0 Å². The fourth-order valence-electron chi connectivity index (χ4n) is 3.05. The zero-order valence-electron chi connectivity index (χ0n) is 14.4. The molecule has 130 valence electrons. The molecule has 0 bridgehead atoms. The molecule has 2 aromatic carbocycles. The summed E-state index contributed by atoms with van der Waals surface area (Å²) in [7, 11) is 0. The molecule has 1 heterocycles. The fourth-order valence-corrected chi connectivity index (χ4v) is 3.05. The van der Waals surface area contributed by atoms with Gasteiger partial charge in [-0.2, -0.15) is 0 Å². The molecule has 1 aliphatic rings. The maximum absolute atomic E-state index is 12.4. The molecule has 0 aromatic heterocycles. The molecule has 0 unspecified atom stereocenters. The Balaban J connectivity index is 1.66. The van der Waals surface area contributed by atoms with Gasteiger partial charge in [0.25, 0.3) is 0 Å². The van der Waals surface area contributed by atoms with Crippen LogP contribution in [0, 0.1) is 0 Å². The van der Waals surface area contributed by atoms with Crippen LogP contribution in [0.4, 0.5) is 0 Å². The second kappa shape index (κ2) is 9.16. The topological polar surface area (TPSA) is 42.8 Å². The maximum Gasteiger partial charge on any atom is 0.244 e. The third-order valence-electron chi connectivity index (χ3n) is 4.44. The molecule has 0 aliphatic carbocycles. The van der Waals surface area contributed by atoms with Crippen molar-refractivity contribution in [2.75, 3.05) is 32.8 Å². The van der Waals surface area contributed by atoms with Gasteiger partial charge in [-0.25, -0.2) is 0 Å². The van der Waals surface area contributed by atoms with Crippen LogP contribution < -0.4 is 10.2 Å². The SMILES string of the molecule is O=C(/C=C/c1ccccc1)N[C@@H](C[NH+]1CCOCC1)c1ccccc1. The van der Waals surface area contributed by atoms with E-state index in [1.807, 2.05) is 54.6 Å². The van der Waals surface area contributed by atoms with E-state index in [2.05, 4.69) is 17.4 Å². The van der Waals surface area contributed by atoms with Gasteiger partial charge in [-0.05, 0) is 17.2 Å². The van der Waals surface area contributed by atoms with Gasteiger partial charge in [-0.15, -0.1) is 0 Å². The number of carbonyl (C=O) groups is 1. The second-order valence-electron chi connectivity index (χ2n) is 6.28. The molecule has 25 heavy (non-hydrogen) atoms. The Bertz CT molecular complexity index is 680. The predicted octanol–water partition coefficient (Wildman–Crippen LogP) is 1.47. The van der Waals surface area contributed by atoms with Crippen molar-refractivity contribution in [3.63, 3.8) is 0 Å². The molecule has 4 heteroatoms. The Morgan fingerprint density at radius 2 is 1.68 bits per heavy atom. The van der Waals surface area contributed by atoms with Crippen LogP contribution in [0.3, 0.4) is 0 Å². The summed E-state index contributed by atoms with van der Waals surface area (Å²) in [5.74, 6) is -0.0645. The van der Waals surface area contributed by atoms with Crippen molar-refractivity contribution in [1.29, 1.82) is 0 Å². The molecule has 3 rings (SSSR count). The lowest BCUT2D eigenvalue weighted by Gasteiger charge is -2.28. The molecule has 1 saturated heterocycles. The van der Waals surface area contributed by atoms with Crippen molar-refractivity contribution in [2.45, 2.75) is 6.04 Å². The van der Waals surface area contributed by atoms with Gasteiger partial charge in [-0.3, -0.25) is 4.79 Å². The molecule has 2 N–H and O–H groups in total. The van der Waals surface area contributed by atoms with Gasteiger partial charge in [0, 0.05) is 6.08 Å². The zero-order chi connectivity index (χ0) is 17.3. The smallest absolute Gasteiger partial charge is 0.244 e. The minimum atomic E-state index is -0.0645. The number of quaternary nitrogens is 1. The number of nitrogens with one attached hydrogen (secondary N) is 2. The molecule has 0 spiro atoms. The van der Waals surface area contributed by atoms with Gasteiger partial charge in [0.15, 0.2) is 0 Å². The van der Waals surface area contributed by atoms with Crippen molar-refractivity contribution >= 4 is 12.0 Å². The van der Waals surface area contributed by atoms with Crippen molar-refractivity contribution in [3.05, 3.63) is 77.9 Å². The van der Waals surface area contributed by atoms with Crippen LogP contribution in [0.1, 0.15) is 17.2 Å². The largest absolute Gasteiger partial charge is 0.370 e. The molecule has 1 amide bonds. The number of rotatable bonds is 6. The first-order valence-electron chi connectivity index (χ1n) is 8.81. The fraction of sp³-hybridized carbons (Fsp3) is 0.286. The van der Waals surface area contributed by atoms with E-state index in [1.165, 1.54) is 4.90 Å². The highest BCUT2D eigenvalue weighted by Gasteiger charge is 2.22. The number of morpholine rings is 1. The lowest BCUT2D eigenvalue weighted by atomic mass is 10.1. The van der Waals surface area contributed by atoms with Gasteiger partial charge in [0.05, 0.1) is 13.2 Å². The van der Waals surface area contributed by atoms with Crippen LogP contribution >= 0.6 is 0 Å². The number of hydrogen-bond acceptors (Lipinski definition) is 2. The van der Waals surface area contributed by atoms with E-state index in [4.69, 9.17) is 4.74 Å². The molecular formula is C21H25N2O2+. The van der Waals surface area contributed by atoms with E-state index in [0.29, 0.717) is 0 Å².